The van der Waals surface area contributed by atoms with Crippen LogP contribution in [0.1, 0.15) is 31.7 Å². The second kappa shape index (κ2) is 3.78. The van der Waals surface area contributed by atoms with E-state index in [1.165, 1.54) is 6.07 Å². The van der Waals surface area contributed by atoms with Crippen LogP contribution in [-0.4, -0.2) is 22.1 Å². The van der Waals surface area contributed by atoms with E-state index in [2.05, 4.69) is 5.14 Å². The molecule has 0 saturated heterocycles. The Morgan fingerprint density at radius 3 is 2.53 bits per heavy atom. The Bertz CT molecular complexity index is 656. The molecule has 0 bridgehead atoms. The fraction of sp³-hybridized carbons (Fsp3) is 0.556. The van der Waals surface area contributed by atoms with Gasteiger partial charge in [0.1, 0.15) is 4.21 Å². The number of sulfonamides is 1. The maximum absolute atomic E-state index is 12.1. The van der Waals surface area contributed by atoms with Crippen LogP contribution in [-0.2, 0) is 19.9 Å². The molecule has 2 heterocycles. The zero-order valence-electron chi connectivity index (χ0n) is 9.50. The predicted octanol–water partition coefficient (Wildman–Crippen LogP) is 0.348. The number of thiophene rings is 1. The van der Waals surface area contributed by atoms with Crippen molar-refractivity contribution in [2.75, 3.05) is 0 Å². The van der Waals surface area contributed by atoms with Crippen molar-refractivity contribution in [1.29, 1.82) is 0 Å². The molecule has 1 aromatic heterocycles. The molecule has 0 amide bonds. The molecule has 2 rings (SSSR count). The first kappa shape index (κ1) is 13.0. The fourth-order valence-corrected chi connectivity index (χ4v) is 6.71. The first-order chi connectivity index (χ1) is 7.64. The van der Waals surface area contributed by atoms with E-state index in [4.69, 9.17) is 0 Å². The van der Waals surface area contributed by atoms with Gasteiger partial charge < -0.3 is 0 Å². The number of quaternary nitrogens is 1. The Morgan fingerprint density at radius 1 is 1.41 bits per heavy atom. The van der Waals surface area contributed by atoms with Crippen LogP contribution in [0.5, 0.6) is 0 Å². The highest BCUT2D eigenvalue weighted by Gasteiger charge is 2.38. The highest BCUT2D eigenvalue weighted by molar-refractivity contribution is 7.95. The number of hydrogen-bond donors (Lipinski definition) is 1. The largest absolute Gasteiger partial charge is 0.332 e. The summed E-state index contributed by atoms with van der Waals surface area (Å²) in [6.45, 7) is 3.57. The van der Waals surface area contributed by atoms with E-state index in [1.807, 2.05) is 6.92 Å². The van der Waals surface area contributed by atoms with Crippen LogP contribution in [0.15, 0.2) is 14.5 Å². The van der Waals surface area contributed by atoms with Crippen molar-refractivity contribution >= 4 is 31.2 Å². The van der Waals surface area contributed by atoms with Crippen molar-refractivity contribution in [3.63, 3.8) is 0 Å². The van der Waals surface area contributed by atoms with Gasteiger partial charge in [0.2, 0.25) is 0 Å². The van der Waals surface area contributed by atoms with Crippen LogP contribution in [0, 0.1) is 0 Å². The van der Waals surface area contributed by atoms with E-state index in [-0.39, 0.29) is 14.3 Å². The maximum Gasteiger partial charge on any atom is 0.332 e. The fourth-order valence-electron chi connectivity index (χ4n) is 2.02. The van der Waals surface area contributed by atoms with E-state index in [0.29, 0.717) is 12.0 Å². The monoisotopic (exact) mass is 296 g/mol. The van der Waals surface area contributed by atoms with E-state index >= 15 is 0 Å². The highest BCUT2D eigenvalue weighted by Crippen LogP contribution is 2.42. The third kappa shape index (κ3) is 2.03. The minimum atomic E-state index is -3.58. The summed E-state index contributed by atoms with van der Waals surface area (Å²) in [5.74, 6) is 0.0651. The van der Waals surface area contributed by atoms with Gasteiger partial charge in [-0.25, -0.2) is 13.6 Å². The van der Waals surface area contributed by atoms with E-state index in [1.54, 1.807) is 6.92 Å². The maximum atomic E-state index is 12.1. The van der Waals surface area contributed by atoms with Crippen molar-refractivity contribution < 1.29 is 22.0 Å². The molecular formula is C9H14NO4S3+. The molecule has 5 nitrogen and oxygen atoms in total. The molecule has 0 radical (unpaired) electrons. The van der Waals surface area contributed by atoms with E-state index in [9.17, 15) is 16.8 Å². The summed E-state index contributed by atoms with van der Waals surface area (Å²) in [5.41, 5.74) is 0.621. The summed E-state index contributed by atoms with van der Waals surface area (Å²) in [6, 6.07) is 1.45. The molecule has 0 aromatic carbocycles. The summed E-state index contributed by atoms with van der Waals surface area (Å²) in [4.78, 5) is 0. The van der Waals surface area contributed by atoms with Gasteiger partial charge in [-0.3, -0.25) is 0 Å². The van der Waals surface area contributed by atoms with Crippen molar-refractivity contribution in [2.45, 2.75) is 39.9 Å². The zero-order valence-corrected chi connectivity index (χ0v) is 12.0. The van der Waals surface area contributed by atoms with Crippen molar-refractivity contribution in [1.82, 2.24) is 0 Å². The van der Waals surface area contributed by atoms with Gasteiger partial charge in [0, 0.05) is 0 Å². The van der Waals surface area contributed by atoms with E-state index in [0.717, 1.165) is 11.3 Å². The summed E-state index contributed by atoms with van der Waals surface area (Å²) < 4.78 is 47.1. The van der Waals surface area contributed by atoms with Gasteiger partial charge in [-0.1, -0.05) is 6.92 Å². The average molecular weight is 296 g/mol. The van der Waals surface area contributed by atoms with Crippen LogP contribution in [0.25, 0.3) is 0 Å². The number of hydrogen-bond acceptors (Lipinski definition) is 5. The number of sulfone groups is 1. The molecule has 0 spiro atoms. The van der Waals surface area contributed by atoms with Gasteiger partial charge in [-0.2, -0.15) is 8.42 Å². The lowest BCUT2D eigenvalue weighted by Crippen LogP contribution is -2.55. The molecule has 2 atom stereocenters. The summed E-state index contributed by atoms with van der Waals surface area (Å²) in [6.07, 6.45) is 0.530. The predicted molar refractivity (Wildman–Crippen MR) is 64.1 cm³/mol. The lowest BCUT2D eigenvalue weighted by atomic mass is 9.99. The second-order valence-electron chi connectivity index (χ2n) is 4.42. The number of fused-ring (bicyclic) bond motifs is 1. The van der Waals surface area contributed by atoms with Gasteiger partial charge in [0.15, 0.2) is 14.0 Å². The molecule has 3 N–H and O–H groups in total. The molecule has 0 aliphatic carbocycles. The van der Waals surface area contributed by atoms with Crippen molar-refractivity contribution in [2.24, 2.45) is 0 Å². The van der Waals surface area contributed by atoms with Crippen LogP contribution < -0.4 is 5.14 Å². The third-order valence-electron chi connectivity index (χ3n) is 3.01. The van der Waals surface area contributed by atoms with Crippen molar-refractivity contribution in [3.05, 3.63) is 11.6 Å². The van der Waals surface area contributed by atoms with Gasteiger partial charge >= 0.3 is 10.0 Å². The van der Waals surface area contributed by atoms with Crippen LogP contribution >= 0.6 is 11.3 Å². The SMILES string of the molecule is CC1CC(C)S(=O)(=O)c2sc(S([NH3+])(=O)=O)cc21. The normalized spacial score (nSPS) is 27.7. The third-order valence-corrected chi connectivity index (χ3v) is 8.45. The molecule has 1 aliphatic rings. The molecule has 96 valence electrons. The van der Waals surface area contributed by atoms with Crippen LogP contribution in [0.3, 0.4) is 0 Å². The Kier molecular flexibility index (Phi) is 2.89. The second-order valence-corrected chi connectivity index (χ2v) is 9.96. The van der Waals surface area contributed by atoms with Gasteiger partial charge in [-0.15, -0.1) is 11.3 Å². The van der Waals surface area contributed by atoms with Crippen LogP contribution in [0.2, 0.25) is 0 Å². The summed E-state index contributed by atoms with van der Waals surface area (Å²) >= 11 is 0.818. The lowest BCUT2D eigenvalue weighted by Gasteiger charge is -2.23. The van der Waals surface area contributed by atoms with Gasteiger partial charge in [0.25, 0.3) is 0 Å². The smallest absolute Gasteiger partial charge is 0.247 e. The number of rotatable bonds is 1. The zero-order chi connectivity index (χ0) is 13.0. The molecule has 0 saturated carbocycles. The first-order valence-corrected chi connectivity index (χ1v) is 9.11. The Hall–Kier alpha value is -0.440. The Balaban J connectivity index is 2.73. The molecule has 2 unspecified atom stereocenters. The molecule has 0 fully saturated rings. The summed E-state index contributed by atoms with van der Waals surface area (Å²) in [5, 5.41) is 2.61. The quantitative estimate of drug-likeness (QED) is 0.808. The molecule has 1 aliphatic heterocycles. The Morgan fingerprint density at radius 2 is 2.00 bits per heavy atom. The van der Waals surface area contributed by atoms with Crippen LogP contribution in [0.4, 0.5) is 0 Å². The van der Waals surface area contributed by atoms with E-state index < -0.39 is 25.1 Å². The minimum absolute atomic E-state index is 0.0343. The minimum Gasteiger partial charge on any atom is -0.247 e. The molecule has 8 heteroatoms. The standard InChI is InChI=1S/C9H13NO4S3/c1-5-3-6(2)16(11,12)9-7(5)4-8(15-9)17(10,13)14/h4-6H,3H2,1-2H3,(H2,10,13,14)/p+1. The average Bonchev–Trinajstić information content (AvgIpc) is 2.59. The molecule has 1 aromatic rings. The lowest BCUT2D eigenvalue weighted by molar-refractivity contribution is -0.164. The van der Waals surface area contributed by atoms with Gasteiger partial charge in [-0.05, 0) is 30.9 Å². The topological polar surface area (TPSA) is 95.9 Å². The summed E-state index contributed by atoms with van der Waals surface area (Å²) in [7, 11) is -6.95. The van der Waals surface area contributed by atoms with Gasteiger partial charge in [0.05, 0.1) is 5.25 Å². The molecule has 17 heavy (non-hydrogen) atoms. The Labute approximate surface area is 105 Å². The molecular weight excluding hydrogens is 282 g/mol. The highest BCUT2D eigenvalue weighted by atomic mass is 32.3. The first-order valence-electron chi connectivity index (χ1n) is 5.09. The van der Waals surface area contributed by atoms with Crippen molar-refractivity contribution in [3.8, 4) is 0 Å².